The number of benzene rings is 1. The zero-order valence-corrected chi connectivity index (χ0v) is 13.6. The van der Waals surface area contributed by atoms with E-state index in [0.717, 1.165) is 12.0 Å². The van der Waals surface area contributed by atoms with Crippen LogP contribution in [0.1, 0.15) is 18.0 Å². The van der Waals surface area contributed by atoms with Gasteiger partial charge >= 0.3 is 7.67 Å². The van der Waals surface area contributed by atoms with E-state index in [2.05, 4.69) is 5.09 Å². The number of nitrogens with zero attached hydrogens (tertiary/aromatic N) is 1. The minimum atomic E-state index is -3.06. The predicted molar refractivity (Wildman–Crippen MR) is 83.5 cm³/mol. The fourth-order valence-electron chi connectivity index (χ4n) is 2.25. The van der Waals surface area contributed by atoms with Crippen molar-refractivity contribution in [3.63, 3.8) is 0 Å². The maximum atomic E-state index is 13.0. The van der Waals surface area contributed by atoms with Crippen molar-refractivity contribution in [1.82, 2.24) is 9.76 Å². The van der Waals surface area contributed by atoms with E-state index < -0.39 is 7.67 Å². The summed E-state index contributed by atoms with van der Waals surface area (Å²) < 4.78 is 20.2. The third kappa shape index (κ3) is 3.97. The van der Waals surface area contributed by atoms with Gasteiger partial charge in [0.2, 0.25) is 0 Å². The zero-order chi connectivity index (χ0) is 14.4. The molecule has 7 heteroatoms. The summed E-state index contributed by atoms with van der Waals surface area (Å²) in [5, 5.41) is 3.16. The zero-order valence-electron chi connectivity index (χ0n) is 11.2. The first kappa shape index (κ1) is 16.3. The van der Waals surface area contributed by atoms with Crippen molar-refractivity contribution in [3.05, 3.63) is 35.9 Å². The highest BCUT2D eigenvalue weighted by Crippen LogP contribution is 2.52. The van der Waals surface area contributed by atoms with Crippen molar-refractivity contribution >= 4 is 30.9 Å². The van der Waals surface area contributed by atoms with Gasteiger partial charge in [-0.3, -0.25) is 4.57 Å². The molecule has 0 aromatic heterocycles. The molecule has 112 valence electrons. The SMILES string of the molecule is O=[P@]1(N(CCCl)CCCl)N[C@@H](c2ccccc2)CCO1. The molecule has 2 atom stereocenters. The molecule has 4 nitrogen and oxygen atoms in total. The van der Waals surface area contributed by atoms with Gasteiger partial charge in [-0.2, -0.15) is 0 Å². The molecule has 0 bridgehead atoms. The van der Waals surface area contributed by atoms with E-state index in [4.69, 9.17) is 27.7 Å². The van der Waals surface area contributed by atoms with Gasteiger partial charge in [0, 0.05) is 30.9 Å². The van der Waals surface area contributed by atoms with E-state index in [9.17, 15) is 4.57 Å². The summed E-state index contributed by atoms with van der Waals surface area (Å²) in [7, 11) is -3.06. The number of nitrogens with one attached hydrogen (secondary N) is 1. The van der Waals surface area contributed by atoms with Crippen LogP contribution in [0.2, 0.25) is 0 Å². The Kier molecular flexibility index (Phi) is 6.34. The normalized spacial score (nSPS) is 26.9. The number of hydrogen-bond acceptors (Lipinski definition) is 2. The highest BCUT2D eigenvalue weighted by Gasteiger charge is 2.37. The van der Waals surface area contributed by atoms with E-state index in [1.165, 1.54) is 0 Å². The lowest BCUT2D eigenvalue weighted by Crippen LogP contribution is -2.37. The Bertz CT molecular complexity index is 455. The quantitative estimate of drug-likeness (QED) is 0.636. The monoisotopic (exact) mass is 336 g/mol. The van der Waals surface area contributed by atoms with E-state index >= 15 is 0 Å². The molecular weight excluding hydrogens is 318 g/mol. The average molecular weight is 337 g/mol. The minimum Gasteiger partial charge on any atom is -0.306 e. The summed E-state index contributed by atoms with van der Waals surface area (Å²) in [4.78, 5) is 0. The Balaban J connectivity index is 2.13. The molecule has 1 N–H and O–H groups in total. The van der Waals surface area contributed by atoms with Crippen LogP contribution in [0.15, 0.2) is 30.3 Å². The van der Waals surface area contributed by atoms with Gasteiger partial charge in [-0.05, 0) is 12.0 Å². The van der Waals surface area contributed by atoms with E-state index in [1.807, 2.05) is 30.3 Å². The molecule has 0 spiro atoms. The van der Waals surface area contributed by atoms with Gasteiger partial charge in [0.1, 0.15) is 0 Å². The largest absolute Gasteiger partial charge is 0.344 e. The summed E-state index contributed by atoms with van der Waals surface area (Å²) in [6.45, 7) is 1.44. The summed E-state index contributed by atoms with van der Waals surface area (Å²) in [5.41, 5.74) is 1.12. The topological polar surface area (TPSA) is 41.6 Å². The van der Waals surface area contributed by atoms with Crippen LogP contribution in [-0.4, -0.2) is 36.1 Å². The number of alkyl halides is 2. The molecule has 1 saturated heterocycles. The van der Waals surface area contributed by atoms with Crippen LogP contribution in [0.4, 0.5) is 0 Å². The molecule has 1 heterocycles. The van der Waals surface area contributed by atoms with Gasteiger partial charge in [-0.25, -0.2) is 9.76 Å². The van der Waals surface area contributed by atoms with Crippen molar-refractivity contribution < 1.29 is 9.09 Å². The van der Waals surface area contributed by atoms with Gasteiger partial charge in [0.25, 0.3) is 0 Å². The minimum absolute atomic E-state index is 0.0314. The van der Waals surface area contributed by atoms with Crippen LogP contribution in [0.25, 0.3) is 0 Å². The highest BCUT2D eigenvalue weighted by molar-refractivity contribution is 7.54. The standard InChI is InChI=1S/C13H19Cl2N2O2P/c14-7-9-17(10-8-15)20(18)16-13(6-11-19-20)12-4-2-1-3-5-12/h1-5,13H,6-11H2,(H,16,18)/t13-,20-/m1/s1. The summed E-state index contributed by atoms with van der Waals surface area (Å²) in [6.07, 6.45) is 0.795. The molecule has 0 aliphatic carbocycles. The van der Waals surface area contributed by atoms with Crippen molar-refractivity contribution in [3.8, 4) is 0 Å². The van der Waals surface area contributed by atoms with E-state index in [0.29, 0.717) is 31.5 Å². The summed E-state index contributed by atoms with van der Waals surface area (Å²) >= 11 is 11.6. The molecule has 0 saturated carbocycles. The fourth-order valence-corrected chi connectivity index (χ4v) is 5.05. The number of rotatable bonds is 6. The van der Waals surface area contributed by atoms with Crippen molar-refractivity contribution in [2.24, 2.45) is 0 Å². The van der Waals surface area contributed by atoms with Crippen LogP contribution in [0.3, 0.4) is 0 Å². The second-order valence-corrected chi connectivity index (χ2v) is 7.45. The van der Waals surface area contributed by atoms with Crippen LogP contribution >= 0.6 is 30.9 Å². The molecule has 1 aromatic carbocycles. The second-order valence-electron chi connectivity index (χ2n) is 4.57. The van der Waals surface area contributed by atoms with Crippen LogP contribution < -0.4 is 5.09 Å². The molecule has 1 fully saturated rings. The molecule has 0 radical (unpaired) electrons. The Labute approximate surface area is 129 Å². The van der Waals surface area contributed by atoms with Crippen LogP contribution in [0.5, 0.6) is 0 Å². The maximum absolute atomic E-state index is 13.0. The smallest absolute Gasteiger partial charge is 0.306 e. The number of hydrogen-bond donors (Lipinski definition) is 1. The first-order chi connectivity index (χ1) is 9.69. The first-order valence-electron chi connectivity index (χ1n) is 6.64. The van der Waals surface area contributed by atoms with Gasteiger partial charge in [-0.15, -0.1) is 23.2 Å². The molecule has 2 rings (SSSR count). The summed E-state index contributed by atoms with van der Waals surface area (Å²) in [6, 6.07) is 10.0. The van der Waals surface area contributed by atoms with Gasteiger partial charge in [0.05, 0.1) is 6.61 Å². The Hall–Kier alpha value is -0.0900. The number of halogens is 2. The third-order valence-corrected chi connectivity index (χ3v) is 5.90. The van der Waals surface area contributed by atoms with Crippen molar-refractivity contribution in [2.75, 3.05) is 31.5 Å². The Morgan fingerprint density at radius 2 is 1.90 bits per heavy atom. The lowest BCUT2D eigenvalue weighted by Gasteiger charge is -2.37. The van der Waals surface area contributed by atoms with E-state index in [-0.39, 0.29) is 6.04 Å². The van der Waals surface area contributed by atoms with E-state index in [1.54, 1.807) is 4.67 Å². The van der Waals surface area contributed by atoms with Crippen LogP contribution in [0, 0.1) is 0 Å². The molecule has 0 unspecified atom stereocenters. The Morgan fingerprint density at radius 1 is 1.25 bits per heavy atom. The lowest BCUT2D eigenvalue weighted by atomic mass is 10.1. The average Bonchev–Trinajstić information content (AvgIpc) is 2.48. The van der Waals surface area contributed by atoms with Crippen molar-refractivity contribution in [2.45, 2.75) is 12.5 Å². The van der Waals surface area contributed by atoms with Crippen LogP contribution in [-0.2, 0) is 9.09 Å². The summed E-state index contributed by atoms with van der Waals surface area (Å²) in [5.74, 6) is 0.782. The van der Waals surface area contributed by atoms with Gasteiger partial charge < -0.3 is 4.52 Å². The van der Waals surface area contributed by atoms with Gasteiger partial charge in [0.15, 0.2) is 0 Å². The molecular formula is C13H19Cl2N2O2P. The second kappa shape index (κ2) is 7.79. The lowest BCUT2D eigenvalue weighted by molar-refractivity contribution is 0.211. The molecule has 1 aliphatic heterocycles. The third-order valence-electron chi connectivity index (χ3n) is 3.25. The maximum Gasteiger partial charge on any atom is 0.344 e. The molecule has 1 aromatic rings. The first-order valence-corrected chi connectivity index (χ1v) is 9.29. The fraction of sp³-hybridized carbons (Fsp3) is 0.538. The predicted octanol–water partition coefficient (Wildman–Crippen LogP) is 3.63. The Morgan fingerprint density at radius 3 is 2.50 bits per heavy atom. The molecule has 0 amide bonds. The highest BCUT2D eigenvalue weighted by atomic mass is 35.5. The molecule has 20 heavy (non-hydrogen) atoms. The molecule has 1 aliphatic rings. The van der Waals surface area contributed by atoms with Gasteiger partial charge in [-0.1, -0.05) is 30.3 Å². The van der Waals surface area contributed by atoms with Crippen molar-refractivity contribution in [1.29, 1.82) is 0 Å².